The van der Waals surface area contributed by atoms with E-state index in [-0.39, 0.29) is 0 Å². The molecule has 2 N–H and O–H groups in total. The molecule has 2 rings (SSSR count). The molecule has 5 heteroatoms. The minimum Gasteiger partial charge on any atom is -0.480 e. The SMILES string of the molecule is COc1nc2ccc(Br)cc2nc1CN. The third-order valence-electron chi connectivity index (χ3n) is 2.05. The number of halogens is 1. The molecule has 0 saturated heterocycles. The lowest BCUT2D eigenvalue weighted by atomic mass is 10.3. The highest BCUT2D eigenvalue weighted by molar-refractivity contribution is 9.10. The quantitative estimate of drug-likeness (QED) is 0.903. The Kier molecular flexibility index (Phi) is 2.83. The zero-order valence-corrected chi connectivity index (χ0v) is 9.78. The van der Waals surface area contributed by atoms with Crippen molar-refractivity contribution in [2.45, 2.75) is 6.54 Å². The van der Waals surface area contributed by atoms with Crippen LogP contribution in [-0.2, 0) is 6.54 Å². The molecule has 1 heterocycles. The van der Waals surface area contributed by atoms with Gasteiger partial charge >= 0.3 is 0 Å². The van der Waals surface area contributed by atoms with E-state index in [1.807, 2.05) is 18.2 Å². The summed E-state index contributed by atoms with van der Waals surface area (Å²) in [5.74, 6) is 0.493. The van der Waals surface area contributed by atoms with Gasteiger partial charge in [-0.2, -0.15) is 0 Å². The summed E-state index contributed by atoms with van der Waals surface area (Å²) in [4.78, 5) is 8.70. The van der Waals surface area contributed by atoms with Crippen LogP contribution in [0.1, 0.15) is 5.69 Å². The number of methoxy groups -OCH3 is 1. The summed E-state index contributed by atoms with van der Waals surface area (Å²) in [6, 6.07) is 5.70. The Balaban J connectivity index is 2.69. The number of nitrogens with two attached hydrogens (primary N) is 1. The summed E-state index contributed by atoms with van der Waals surface area (Å²) >= 11 is 3.38. The molecule has 0 bridgehead atoms. The number of rotatable bonds is 2. The normalized spacial score (nSPS) is 10.6. The zero-order chi connectivity index (χ0) is 10.8. The summed E-state index contributed by atoms with van der Waals surface area (Å²) < 4.78 is 6.08. The van der Waals surface area contributed by atoms with Crippen molar-refractivity contribution in [2.75, 3.05) is 7.11 Å². The summed E-state index contributed by atoms with van der Waals surface area (Å²) in [6.07, 6.45) is 0. The van der Waals surface area contributed by atoms with E-state index in [4.69, 9.17) is 10.5 Å². The molecule has 15 heavy (non-hydrogen) atoms. The Morgan fingerprint density at radius 3 is 2.80 bits per heavy atom. The van der Waals surface area contributed by atoms with Crippen LogP contribution in [0.5, 0.6) is 5.88 Å². The molecule has 0 fully saturated rings. The molecule has 0 aliphatic heterocycles. The average Bonchev–Trinajstić information content (AvgIpc) is 2.27. The van der Waals surface area contributed by atoms with Crippen LogP contribution in [0.15, 0.2) is 22.7 Å². The molecule has 0 radical (unpaired) electrons. The average molecular weight is 268 g/mol. The summed E-state index contributed by atoms with van der Waals surface area (Å²) in [7, 11) is 1.56. The Bertz CT molecular complexity index is 501. The van der Waals surface area contributed by atoms with Crippen molar-refractivity contribution in [1.82, 2.24) is 9.97 Å². The van der Waals surface area contributed by atoms with Gasteiger partial charge < -0.3 is 10.5 Å². The van der Waals surface area contributed by atoms with Crippen LogP contribution in [0.4, 0.5) is 0 Å². The van der Waals surface area contributed by atoms with E-state index in [1.165, 1.54) is 0 Å². The van der Waals surface area contributed by atoms with Gasteiger partial charge in [0, 0.05) is 11.0 Å². The largest absolute Gasteiger partial charge is 0.480 e. The standard InChI is InChI=1S/C10H10BrN3O/c1-15-10-9(5-12)13-8-4-6(11)2-3-7(8)14-10/h2-4H,5,12H2,1H3. The van der Waals surface area contributed by atoms with Crippen molar-refractivity contribution in [3.8, 4) is 5.88 Å². The van der Waals surface area contributed by atoms with E-state index >= 15 is 0 Å². The van der Waals surface area contributed by atoms with Crippen molar-refractivity contribution in [3.05, 3.63) is 28.4 Å². The van der Waals surface area contributed by atoms with E-state index < -0.39 is 0 Å². The maximum Gasteiger partial charge on any atom is 0.237 e. The van der Waals surface area contributed by atoms with Crippen molar-refractivity contribution < 1.29 is 4.74 Å². The van der Waals surface area contributed by atoms with Gasteiger partial charge in [-0.15, -0.1) is 0 Å². The van der Waals surface area contributed by atoms with Gasteiger partial charge in [0.1, 0.15) is 5.69 Å². The molecule has 4 nitrogen and oxygen atoms in total. The first-order valence-corrected chi connectivity index (χ1v) is 5.24. The number of nitrogens with zero attached hydrogens (tertiary/aromatic N) is 2. The highest BCUT2D eigenvalue weighted by atomic mass is 79.9. The first-order valence-electron chi connectivity index (χ1n) is 4.45. The molecule has 0 saturated carbocycles. The van der Waals surface area contributed by atoms with Gasteiger partial charge in [0.15, 0.2) is 0 Å². The highest BCUT2D eigenvalue weighted by Gasteiger charge is 2.07. The maximum atomic E-state index is 5.56. The fourth-order valence-electron chi connectivity index (χ4n) is 1.34. The fraction of sp³-hybridized carbons (Fsp3) is 0.200. The van der Waals surface area contributed by atoms with E-state index in [9.17, 15) is 0 Å². The summed E-state index contributed by atoms with van der Waals surface area (Å²) in [5, 5.41) is 0. The highest BCUT2D eigenvalue weighted by Crippen LogP contribution is 2.21. The smallest absolute Gasteiger partial charge is 0.237 e. The van der Waals surface area contributed by atoms with Crippen LogP contribution in [0.3, 0.4) is 0 Å². The Morgan fingerprint density at radius 2 is 2.13 bits per heavy atom. The lowest BCUT2D eigenvalue weighted by Crippen LogP contribution is -2.05. The molecule has 0 unspecified atom stereocenters. The van der Waals surface area contributed by atoms with E-state index in [0.717, 1.165) is 15.5 Å². The lowest BCUT2D eigenvalue weighted by Gasteiger charge is -2.06. The van der Waals surface area contributed by atoms with E-state index in [0.29, 0.717) is 18.1 Å². The van der Waals surface area contributed by atoms with E-state index in [2.05, 4.69) is 25.9 Å². The molecular weight excluding hydrogens is 258 g/mol. The number of hydrogen-bond donors (Lipinski definition) is 1. The van der Waals surface area contributed by atoms with Gasteiger partial charge in [-0.25, -0.2) is 9.97 Å². The second-order valence-corrected chi connectivity index (χ2v) is 3.93. The van der Waals surface area contributed by atoms with Crippen LogP contribution < -0.4 is 10.5 Å². The first-order chi connectivity index (χ1) is 7.24. The topological polar surface area (TPSA) is 61.0 Å². The van der Waals surface area contributed by atoms with Crippen LogP contribution in [0, 0.1) is 0 Å². The number of hydrogen-bond acceptors (Lipinski definition) is 4. The fourth-order valence-corrected chi connectivity index (χ4v) is 1.69. The van der Waals surface area contributed by atoms with Crippen molar-refractivity contribution in [1.29, 1.82) is 0 Å². The van der Waals surface area contributed by atoms with Crippen LogP contribution >= 0.6 is 15.9 Å². The minimum atomic E-state index is 0.318. The minimum absolute atomic E-state index is 0.318. The Hall–Kier alpha value is -1.20. The van der Waals surface area contributed by atoms with Gasteiger partial charge in [-0.3, -0.25) is 0 Å². The van der Waals surface area contributed by atoms with Gasteiger partial charge in [0.05, 0.1) is 18.1 Å². The molecule has 2 aromatic rings. The first kappa shape index (κ1) is 10.3. The second-order valence-electron chi connectivity index (χ2n) is 3.02. The van der Waals surface area contributed by atoms with Crippen LogP contribution in [0.25, 0.3) is 11.0 Å². The van der Waals surface area contributed by atoms with Gasteiger partial charge in [0.25, 0.3) is 0 Å². The molecule has 0 atom stereocenters. The third-order valence-corrected chi connectivity index (χ3v) is 2.54. The number of ether oxygens (including phenoxy) is 1. The number of aromatic nitrogens is 2. The Morgan fingerprint density at radius 1 is 1.33 bits per heavy atom. The van der Waals surface area contributed by atoms with Crippen molar-refractivity contribution in [3.63, 3.8) is 0 Å². The molecule has 0 spiro atoms. The molecule has 0 aliphatic carbocycles. The lowest BCUT2D eigenvalue weighted by molar-refractivity contribution is 0.391. The number of fused-ring (bicyclic) bond motifs is 1. The number of benzene rings is 1. The maximum absolute atomic E-state index is 5.56. The monoisotopic (exact) mass is 267 g/mol. The summed E-state index contributed by atoms with van der Waals surface area (Å²) in [5.41, 5.74) is 7.84. The summed E-state index contributed by atoms with van der Waals surface area (Å²) in [6.45, 7) is 0.318. The molecule has 1 aromatic heterocycles. The third kappa shape index (κ3) is 1.93. The predicted molar refractivity (Wildman–Crippen MR) is 61.7 cm³/mol. The predicted octanol–water partition coefficient (Wildman–Crippen LogP) is 1.86. The Labute approximate surface area is 95.6 Å². The molecular formula is C10H10BrN3O. The van der Waals surface area contributed by atoms with Crippen molar-refractivity contribution >= 4 is 27.0 Å². The van der Waals surface area contributed by atoms with Crippen LogP contribution in [-0.4, -0.2) is 17.1 Å². The van der Waals surface area contributed by atoms with Crippen molar-refractivity contribution in [2.24, 2.45) is 5.73 Å². The second kappa shape index (κ2) is 4.12. The molecule has 1 aromatic carbocycles. The van der Waals surface area contributed by atoms with Gasteiger partial charge in [0.2, 0.25) is 5.88 Å². The molecule has 78 valence electrons. The molecule has 0 aliphatic rings. The van der Waals surface area contributed by atoms with Gasteiger partial charge in [-0.1, -0.05) is 15.9 Å². The van der Waals surface area contributed by atoms with Gasteiger partial charge in [-0.05, 0) is 18.2 Å². The van der Waals surface area contributed by atoms with Crippen LogP contribution in [0.2, 0.25) is 0 Å². The van der Waals surface area contributed by atoms with E-state index in [1.54, 1.807) is 7.11 Å². The zero-order valence-electron chi connectivity index (χ0n) is 8.20. The molecule has 0 amide bonds.